The summed E-state index contributed by atoms with van der Waals surface area (Å²) in [5, 5.41) is 2.57. The number of likely N-dealkylation sites (N-methyl/N-ethyl adjacent to an activating group) is 1. The Morgan fingerprint density at radius 1 is 1.55 bits per heavy atom. The van der Waals surface area contributed by atoms with E-state index >= 15 is 0 Å². The Morgan fingerprint density at radius 2 is 2.25 bits per heavy atom. The van der Waals surface area contributed by atoms with E-state index in [4.69, 9.17) is 10.8 Å². The topological polar surface area (TPSA) is 71.8 Å². The molecule has 0 radical (unpaired) electrons. The van der Waals surface area contributed by atoms with E-state index in [1.54, 1.807) is 24.9 Å². The van der Waals surface area contributed by atoms with Crippen molar-refractivity contribution < 1.29 is 18.7 Å². The van der Waals surface area contributed by atoms with Crippen LogP contribution in [-0.4, -0.2) is 44.0 Å². The summed E-state index contributed by atoms with van der Waals surface area (Å²) in [5.41, 5.74) is 0.396. The van der Waals surface area contributed by atoms with Crippen molar-refractivity contribution in [1.82, 2.24) is 10.2 Å². The average molecular weight is 278 g/mol. The molecule has 20 heavy (non-hydrogen) atoms. The van der Waals surface area contributed by atoms with Gasteiger partial charge >= 0.3 is 5.97 Å². The SMILES string of the molecule is C#CCNC(=O)CN(C)Cc1cc(C(=O)OC)c(C)o1. The van der Waals surface area contributed by atoms with Crippen LogP contribution < -0.4 is 5.32 Å². The van der Waals surface area contributed by atoms with Crippen molar-refractivity contribution in [2.45, 2.75) is 13.5 Å². The molecule has 1 amide bonds. The number of furan rings is 1. The highest BCUT2D eigenvalue weighted by Crippen LogP contribution is 2.16. The van der Waals surface area contributed by atoms with Gasteiger partial charge in [0.25, 0.3) is 0 Å². The van der Waals surface area contributed by atoms with E-state index in [0.29, 0.717) is 23.6 Å². The number of rotatable bonds is 6. The first-order chi connectivity index (χ1) is 9.47. The molecule has 0 saturated heterocycles. The average Bonchev–Trinajstić information content (AvgIpc) is 2.75. The van der Waals surface area contributed by atoms with Crippen LogP contribution in [0.3, 0.4) is 0 Å². The van der Waals surface area contributed by atoms with Crippen LogP contribution in [-0.2, 0) is 16.1 Å². The lowest BCUT2D eigenvalue weighted by Crippen LogP contribution is -2.34. The number of aryl methyl sites for hydroxylation is 1. The zero-order valence-corrected chi connectivity index (χ0v) is 11.9. The quantitative estimate of drug-likeness (QED) is 0.608. The van der Waals surface area contributed by atoms with Crippen LogP contribution in [0.2, 0.25) is 0 Å². The maximum atomic E-state index is 11.5. The number of esters is 1. The second-order valence-corrected chi connectivity index (χ2v) is 4.33. The number of nitrogens with one attached hydrogen (secondary N) is 1. The van der Waals surface area contributed by atoms with Crippen LogP contribution in [0.15, 0.2) is 10.5 Å². The second-order valence-electron chi connectivity index (χ2n) is 4.33. The predicted octanol–water partition coefficient (Wildman–Crippen LogP) is 0.556. The van der Waals surface area contributed by atoms with Gasteiger partial charge in [0.05, 0.1) is 26.7 Å². The molecule has 0 fully saturated rings. The molecule has 0 atom stereocenters. The van der Waals surface area contributed by atoms with E-state index < -0.39 is 5.97 Å². The molecule has 0 spiro atoms. The summed E-state index contributed by atoms with van der Waals surface area (Å²) in [6, 6.07) is 1.62. The number of ether oxygens (including phenoxy) is 1. The van der Waals surface area contributed by atoms with Gasteiger partial charge in [0.2, 0.25) is 5.91 Å². The fourth-order valence-electron chi connectivity index (χ4n) is 1.71. The first-order valence-electron chi connectivity index (χ1n) is 6.04. The van der Waals surface area contributed by atoms with Crippen LogP contribution in [0.4, 0.5) is 0 Å². The molecule has 1 aromatic rings. The van der Waals surface area contributed by atoms with Gasteiger partial charge in [-0.05, 0) is 20.0 Å². The number of hydrogen-bond acceptors (Lipinski definition) is 5. The molecule has 0 aliphatic rings. The lowest BCUT2D eigenvalue weighted by molar-refractivity contribution is -0.121. The van der Waals surface area contributed by atoms with Crippen molar-refractivity contribution in [1.29, 1.82) is 0 Å². The van der Waals surface area contributed by atoms with Gasteiger partial charge in [0, 0.05) is 0 Å². The fraction of sp³-hybridized carbons (Fsp3) is 0.429. The molecule has 6 heteroatoms. The van der Waals surface area contributed by atoms with Gasteiger partial charge in [-0.3, -0.25) is 9.69 Å². The molecule has 0 saturated carbocycles. The number of carbonyl (C=O) groups is 2. The minimum absolute atomic E-state index is 0.165. The zero-order valence-electron chi connectivity index (χ0n) is 11.9. The second kappa shape index (κ2) is 7.36. The largest absolute Gasteiger partial charge is 0.465 e. The third-order valence-corrected chi connectivity index (χ3v) is 2.60. The minimum atomic E-state index is -0.438. The smallest absolute Gasteiger partial charge is 0.341 e. The molecular weight excluding hydrogens is 260 g/mol. The molecule has 0 unspecified atom stereocenters. The molecule has 0 aliphatic heterocycles. The number of methoxy groups -OCH3 is 1. The minimum Gasteiger partial charge on any atom is -0.465 e. The molecular formula is C14H18N2O4. The number of nitrogens with zero attached hydrogens (tertiary/aromatic N) is 1. The van der Waals surface area contributed by atoms with Crippen molar-refractivity contribution in [2.24, 2.45) is 0 Å². The van der Waals surface area contributed by atoms with Crippen LogP contribution >= 0.6 is 0 Å². The maximum absolute atomic E-state index is 11.5. The summed E-state index contributed by atoms with van der Waals surface area (Å²) in [5.74, 6) is 2.82. The maximum Gasteiger partial charge on any atom is 0.341 e. The van der Waals surface area contributed by atoms with Crippen LogP contribution in [0, 0.1) is 19.3 Å². The van der Waals surface area contributed by atoms with Crippen molar-refractivity contribution in [3.05, 3.63) is 23.2 Å². The van der Waals surface area contributed by atoms with Gasteiger partial charge in [-0.15, -0.1) is 6.42 Å². The Balaban J connectivity index is 2.58. The van der Waals surface area contributed by atoms with Crippen molar-refractivity contribution >= 4 is 11.9 Å². The Bertz CT molecular complexity index is 528. The molecule has 1 aromatic heterocycles. The Morgan fingerprint density at radius 3 is 2.85 bits per heavy atom. The number of hydrogen-bond donors (Lipinski definition) is 1. The zero-order chi connectivity index (χ0) is 15.1. The van der Waals surface area contributed by atoms with Gasteiger partial charge in [0.15, 0.2) is 0 Å². The Hall–Kier alpha value is -2.26. The molecule has 0 aliphatic carbocycles. The fourth-order valence-corrected chi connectivity index (χ4v) is 1.71. The molecule has 108 valence electrons. The van der Waals surface area contributed by atoms with Gasteiger partial charge in [-0.2, -0.15) is 0 Å². The van der Waals surface area contributed by atoms with E-state index in [2.05, 4.69) is 16.0 Å². The van der Waals surface area contributed by atoms with Gasteiger partial charge in [-0.1, -0.05) is 5.92 Å². The molecule has 1 rings (SSSR count). The third-order valence-electron chi connectivity index (χ3n) is 2.60. The number of carbonyl (C=O) groups excluding carboxylic acids is 2. The summed E-state index contributed by atoms with van der Waals surface area (Å²) in [6.07, 6.45) is 5.05. The van der Waals surface area contributed by atoms with Gasteiger partial charge in [0.1, 0.15) is 17.1 Å². The normalized spacial score (nSPS) is 10.2. The standard InChI is InChI=1S/C14H18N2O4/c1-5-6-15-13(17)9-16(3)8-11-7-12(10(2)20-11)14(18)19-4/h1,7H,6,8-9H2,2-4H3,(H,15,17). The van der Waals surface area contributed by atoms with Gasteiger partial charge < -0.3 is 14.5 Å². The third kappa shape index (κ3) is 4.44. The highest BCUT2D eigenvalue weighted by atomic mass is 16.5. The first-order valence-corrected chi connectivity index (χ1v) is 6.04. The summed E-state index contributed by atoms with van der Waals surface area (Å²) in [7, 11) is 3.08. The summed E-state index contributed by atoms with van der Waals surface area (Å²) in [4.78, 5) is 24.7. The Kier molecular flexibility index (Phi) is 5.81. The van der Waals surface area contributed by atoms with Gasteiger partial charge in [-0.25, -0.2) is 4.79 Å². The monoisotopic (exact) mass is 278 g/mol. The lowest BCUT2D eigenvalue weighted by Gasteiger charge is -2.13. The van der Waals surface area contributed by atoms with Crippen molar-refractivity contribution in [3.8, 4) is 12.3 Å². The van der Waals surface area contributed by atoms with Crippen LogP contribution in [0.5, 0.6) is 0 Å². The van der Waals surface area contributed by atoms with E-state index in [1.165, 1.54) is 7.11 Å². The molecule has 0 aromatic carbocycles. The van der Waals surface area contributed by atoms with Crippen LogP contribution in [0.25, 0.3) is 0 Å². The van der Waals surface area contributed by atoms with E-state index in [-0.39, 0.29) is 19.0 Å². The van der Waals surface area contributed by atoms with Crippen LogP contribution in [0.1, 0.15) is 21.9 Å². The first kappa shape index (κ1) is 15.8. The molecule has 0 bridgehead atoms. The highest BCUT2D eigenvalue weighted by Gasteiger charge is 2.16. The molecule has 1 heterocycles. The number of amides is 1. The highest BCUT2D eigenvalue weighted by molar-refractivity contribution is 5.90. The summed E-state index contributed by atoms with van der Waals surface area (Å²) >= 11 is 0. The molecule has 1 N–H and O–H groups in total. The van der Waals surface area contributed by atoms with Crippen molar-refractivity contribution in [3.63, 3.8) is 0 Å². The van der Waals surface area contributed by atoms with Crippen molar-refractivity contribution in [2.75, 3.05) is 27.2 Å². The van der Waals surface area contributed by atoms with E-state index in [0.717, 1.165) is 0 Å². The van der Waals surface area contributed by atoms with E-state index in [9.17, 15) is 9.59 Å². The number of terminal acetylenes is 1. The predicted molar refractivity (Wildman–Crippen MR) is 73.0 cm³/mol. The van der Waals surface area contributed by atoms with E-state index in [1.807, 2.05) is 0 Å². The lowest BCUT2D eigenvalue weighted by atomic mass is 10.2. The Labute approximate surface area is 118 Å². The summed E-state index contributed by atoms with van der Waals surface area (Å²) in [6.45, 7) is 2.49. The molecule has 6 nitrogen and oxygen atoms in total. The summed E-state index contributed by atoms with van der Waals surface area (Å²) < 4.78 is 10.1.